The van der Waals surface area contributed by atoms with Crippen LogP contribution in [0.5, 0.6) is 0 Å². The van der Waals surface area contributed by atoms with Crippen LogP contribution in [0.1, 0.15) is 0 Å². The van der Waals surface area contributed by atoms with Crippen molar-refractivity contribution in [1.29, 1.82) is 0 Å². The van der Waals surface area contributed by atoms with Crippen LogP contribution in [-0.2, 0) is 0 Å². The topological polar surface area (TPSA) is 64.5 Å². The molecule has 3 aromatic heterocycles. The summed E-state index contributed by atoms with van der Waals surface area (Å²) in [6.07, 6.45) is 3.69. The van der Waals surface area contributed by atoms with Crippen molar-refractivity contribution in [2.45, 2.75) is 0 Å². The summed E-state index contributed by atoms with van der Waals surface area (Å²) in [5.74, 6) is 1.96. The Bertz CT molecular complexity index is 2190. The van der Waals surface area contributed by atoms with E-state index in [-0.39, 0.29) is 0 Å². The van der Waals surface area contributed by atoms with Crippen molar-refractivity contribution < 1.29 is 0 Å². The minimum Gasteiger partial charge on any atom is -0.256 e. The van der Waals surface area contributed by atoms with Crippen molar-refractivity contribution >= 4 is 21.5 Å². The Balaban J connectivity index is 1.17. The largest absolute Gasteiger partial charge is 0.256 e. The second kappa shape index (κ2) is 11.0. The van der Waals surface area contributed by atoms with Crippen LogP contribution in [0, 0.1) is 0 Å². The lowest BCUT2D eigenvalue weighted by molar-refractivity contribution is 1.07. The monoisotopic (exact) mass is 563 g/mol. The molecule has 0 spiro atoms. The first-order chi connectivity index (χ1) is 21.8. The summed E-state index contributed by atoms with van der Waals surface area (Å²) in [5, 5.41) is 4.66. The lowest BCUT2D eigenvalue weighted by atomic mass is 9.97. The number of hydrogen-bond acceptors (Lipinski definition) is 5. The molecule has 8 rings (SSSR count). The molecule has 5 aromatic carbocycles. The number of nitrogens with zero attached hydrogens (tertiary/aromatic N) is 5. The Morgan fingerprint density at radius 3 is 1.43 bits per heavy atom. The van der Waals surface area contributed by atoms with Crippen LogP contribution in [0.25, 0.3) is 78.2 Å². The second-order valence-corrected chi connectivity index (χ2v) is 10.6. The van der Waals surface area contributed by atoms with Crippen molar-refractivity contribution in [3.63, 3.8) is 0 Å². The van der Waals surface area contributed by atoms with E-state index in [1.165, 1.54) is 10.8 Å². The van der Waals surface area contributed by atoms with Gasteiger partial charge in [-0.15, -0.1) is 0 Å². The molecule has 3 heterocycles. The number of rotatable bonds is 5. The fraction of sp³-hybridized carbons (Fsp3) is 0. The Labute approximate surface area is 254 Å². The van der Waals surface area contributed by atoms with Gasteiger partial charge in [0, 0.05) is 40.2 Å². The number of benzene rings is 5. The van der Waals surface area contributed by atoms with Crippen LogP contribution in [0.15, 0.2) is 152 Å². The predicted molar refractivity (Wildman–Crippen MR) is 178 cm³/mol. The second-order valence-electron chi connectivity index (χ2n) is 10.6. The van der Waals surface area contributed by atoms with Crippen molar-refractivity contribution in [3.8, 4) is 56.7 Å². The van der Waals surface area contributed by atoms with Gasteiger partial charge in [0.2, 0.25) is 0 Å². The first-order valence-electron chi connectivity index (χ1n) is 14.5. The van der Waals surface area contributed by atoms with Crippen LogP contribution in [0.4, 0.5) is 0 Å². The van der Waals surface area contributed by atoms with Gasteiger partial charge < -0.3 is 0 Å². The van der Waals surface area contributed by atoms with Gasteiger partial charge in [0.15, 0.2) is 17.5 Å². The molecule has 5 heteroatoms. The van der Waals surface area contributed by atoms with Crippen LogP contribution in [0.3, 0.4) is 0 Å². The van der Waals surface area contributed by atoms with E-state index in [4.69, 9.17) is 19.9 Å². The normalized spacial score (nSPS) is 11.2. The van der Waals surface area contributed by atoms with E-state index in [0.717, 1.165) is 50.0 Å². The third-order valence-electron chi connectivity index (χ3n) is 7.81. The highest BCUT2D eigenvalue weighted by Gasteiger charge is 2.13. The Morgan fingerprint density at radius 1 is 0.341 bits per heavy atom. The standard InChI is InChI=1S/C39H25N5/c1-3-9-26(10-4-1)37-42-38(27-11-5-2-6-12-27)44-39(43-37)31-17-20-34-29(24-31)15-14-28-23-30(16-19-33(28)34)36-21-18-32(25-41-36)35-13-7-8-22-40-35/h1-25H. The molecule has 0 fully saturated rings. The minimum atomic E-state index is 0.648. The highest BCUT2D eigenvalue weighted by Crippen LogP contribution is 2.32. The number of aromatic nitrogens is 5. The van der Waals surface area contributed by atoms with Gasteiger partial charge in [-0.2, -0.15) is 0 Å². The van der Waals surface area contributed by atoms with Gasteiger partial charge in [0.05, 0.1) is 11.4 Å². The van der Waals surface area contributed by atoms with Crippen molar-refractivity contribution in [2.75, 3.05) is 0 Å². The molecule has 0 radical (unpaired) electrons. The zero-order valence-corrected chi connectivity index (χ0v) is 23.7. The first-order valence-corrected chi connectivity index (χ1v) is 14.5. The molecule has 5 nitrogen and oxygen atoms in total. The van der Waals surface area contributed by atoms with Crippen molar-refractivity contribution in [3.05, 3.63) is 152 Å². The molecule has 0 aliphatic carbocycles. The van der Waals surface area contributed by atoms with E-state index in [9.17, 15) is 0 Å². The zero-order valence-electron chi connectivity index (χ0n) is 23.7. The van der Waals surface area contributed by atoms with Gasteiger partial charge in [-0.1, -0.05) is 103 Å². The quantitative estimate of drug-likeness (QED) is 0.195. The lowest BCUT2D eigenvalue weighted by Gasteiger charge is -2.10. The number of pyridine rings is 2. The van der Waals surface area contributed by atoms with Crippen LogP contribution in [-0.4, -0.2) is 24.9 Å². The van der Waals surface area contributed by atoms with Gasteiger partial charge in [0.25, 0.3) is 0 Å². The molecule has 206 valence electrons. The summed E-state index contributed by atoms with van der Waals surface area (Å²) in [6, 6.07) is 47.4. The lowest BCUT2D eigenvalue weighted by Crippen LogP contribution is -2.00. The van der Waals surface area contributed by atoms with Gasteiger partial charge in [-0.25, -0.2) is 15.0 Å². The van der Waals surface area contributed by atoms with Crippen molar-refractivity contribution in [2.24, 2.45) is 0 Å². The maximum atomic E-state index is 4.91. The number of hydrogen-bond donors (Lipinski definition) is 0. The Hall–Kier alpha value is -6.07. The predicted octanol–water partition coefficient (Wildman–Crippen LogP) is 9.30. The fourth-order valence-electron chi connectivity index (χ4n) is 5.56. The molecule has 0 amide bonds. The van der Waals surface area contributed by atoms with E-state index in [2.05, 4.69) is 65.6 Å². The third-order valence-corrected chi connectivity index (χ3v) is 7.81. The molecule has 0 bridgehead atoms. The molecular weight excluding hydrogens is 538 g/mol. The van der Waals surface area contributed by atoms with E-state index >= 15 is 0 Å². The molecule has 0 saturated carbocycles. The smallest absolute Gasteiger partial charge is 0.164 e. The third kappa shape index (κ3) is 4.86. The highest BCUT2D eigenvalue weighted by molar-refractivity contribution is 6.09. The molecule has 0 atom stereocenters. The molecule has 0 saturated heterocycles. The van der Waals surface area contributed by atoms with Crippen LogP contribution < -0.4 is 0 Å². The molecule has 0 aliphatic heterocycles. The molecule has 0 aliphatic rings. The Morgan fingerprint density at radius 2 is 0.864 bits per heavy atom. The highest BCUT2D eigenvalue weighted by atomic mass is 15.0. The summed E-state index contributed by atoms with van der Waals surface area (Å²) < 4.78 is 0. The summed E-state index contributed by atoms with van der Waals surface area (Å²) in [4.78, 5) is 23.8. The summed E-state index contributed by atoms with van der Waals surface area (Å²) >= 11 is 0. The molecule has 0 N–H and O–H groups in total. The van der Waals surface area contributed by atoms with E-state index < -0.39 is 0 Å². The zero-order chi connectivity index (χ0) is 29.3. The SMILES string of the molecule is c1ccc(-c2nc(-c3ccccc3)nc(-c3ccc4c(ccc5cc(-c6ccc(-c7ccccn7)cn6)ccc54)c3)n2)cc1. The summed E-state index contributed by atoms with van der Waals surface area (Å²) in [7, 11) is 0. The summed E-state index contributed by atoms with van der Waals surface area (Å²) in [5.41, 5.74) is 6.78. The van der Waals surface area contributed by atoms with Gasteiger partial charge in [-0.3, -0.25) is 9.97 Å². The van der Waals surface area contributed by atoms with E-state index in [1.807, 2.05) is 85.1 Å². The van der Waals surface area contributed by atoms with E-state index in [1.54, 1.807) is 6.20 Å². The average Bonchev–Trinajstić information content (AvgIpc) is 3.12. The molecular formula is C39H25N5. The molecule has 8 aromatic rings. The maximum absolute atomic E-state index is 4.91. The molecule has 44 heavy (non-hydrogen) atoms. The maximum Gasteiger partial charge on any atom is 0.164 e. The van der Waals surface area contributed by atoms with Crippen molar-refractivity contribution in [1.82, 2.24) is 24.9 Å². The average molecular weight is 564 g/mol. The van der Waals surface area contributed by atoms with Crippen LogP contribution in [0.2, 0.25) is 0 Å². The fourth-order valence-corrected chi connectivity index (χ4v) is 5.56. The van der Waals surface area contributed by atoms with E-state index in [0.29, 0.717) is 17.5 Å². The summed E-state index contributed by atoms with van der Waals surface area (Å²) in [6.45, 7) is 0. The van der Waals surface area contributed by atoms with Gasteiger partial charge in [-0.05, 0) is 57.9 Å². The molecule has 0 unspecified atom stereocenters. The van der Waals surface area contributed by atoms with Gasteiger partial charge in [0.1, 0.15) is 0 Å². The Kier molecular flexibility index (Phi) is 6.39. The minimum absolute atomic E-state index is 0.648. The first kappa shape index (κ1) is 25.6. The van der Waals surface area contributed by atoms with Gasteiger partial charge >= 0.3 is 0 Å². The number of fused-ring (bicyclic) bond motifs is 3. The van der Waals surface area contributed by atoms with Crippen LogP contribution >= 0.6 is 0 Å².